The van der Waals surface area contributed by atoms with Gasteiger partial charge in [-0.05, 0) is 81.0 Å². The number of methoxy groups -OCH3 is 2. The topological polar surface area (TPSA) is 99.6 Å². The lowest BCUT2D eigenvalue weighted by Crippen LogP contribution is -2.35. The van der Waals surface area contributed by atoms with Crippen LogP contribution in [0.3, 0.4) is 0 Å². The number of ether oxygens (including phenoxy) is 4. The monoisotopic (exact) mass is 633 g/mol. The number of ketones is 1. The van der Waals surface area contributed by atoms with Crippen molar-refractivity contribution >= 4 is 40.6 Å². The van der Waals surface area contributed by atoms with Crippen molar-refractivity contribution in [3.8, 4) is 23.0 Å². The molecule has 1 fully saturated rings. The Kier molecular flexibility index (Phi) is 9.52. The number of aryl methyl sites for hydroxylation is 2. The molecule has 0 radical (unpaired) electrons. The maximum absolute atomic E-state index is 13.2. The van der Waals surface area contributed by atoms with Crippen molar-refractivity contribution in [1.29, 1.82) is 0 Å². The Bertz CT molecular complexity index is 1880. The number of hydrogen-bond donors (Lipinski definition) is 0. The molecule has 1 atom stereocenters. The van der Waals surface area contributed by atoms with Crippen molar-refractivity contribution < 1.29 is 28.5 Å². The Morgan fingerprint density at radius 1 is 0.936 bits per heavy atom. The van der Waals surface area contributed by atoms with Crippen LogP contribution in [0.15, 0.2) is 65.7 Å². The molecule has 1 saturated heterocycles. The molecule has 2 aliphatic heterocycles. The summed E-state index contributed by atoms with van der Waals surface area (Å²) in [6.45, 7) is 5.50. The summed E-state index contributed by atoms with van der Waals surface area (Å²) in [5.41, 5.74) is 5.12. The summed E-state index contributed by atoms with van der Waals surface area (Å²) in [6, 6.07) is 17.0. The van der Waals surface area contributed by atoms with Crippen LogP contribution in [0.1, 0.15) is 63.2 Å². The Morgan fingerprint density at radius 2 is 1.68 bits per heavy atom. The van der Waals surface area contributed by atoms with Gasteiger partial charge in [0.05, 0.1) is 50.2 Å². The molecule has 0 aliphatic carbocycles. The fourth-order valence-electron chi connectivity index (χ4n) is 6.24. The van der Waals surface area contributed by atoms with Gasteiger partial charge in [-0.2, -0.15) is 0 Å². The van der Waals surface area contributed by atoms with Gasteiger partial charge in [0.2, 0.25) is 0 Å². The molecule has 0 saturated carbocycles. The highest BCUT2D eigenvalue weighted by Crippen LogP contribution is 2.38. The van der Waals surface area contributed by atoms with Gasteiger partial charge in [-0.3, -0.25) is 19.6 Å². The van der Waals surface area contributed by atoms with Crippen molar-refractivity contribution in [1.82, 2.24) is 9.88 Å². The highest BCUT2D eigenvalue weighted by Gasteiger charge is 2.32. The average molecular weight is 634 g/mol. The molecule has 6 rings (SSSR count). The predicted molar refractivity (Wildman–Crippen MR) is 183 cm³/mol. The average Bonchev–Trinajstić information content (AvgIpc) is 3.52. The van der Waals surface area contributed by atoms with E-state index < -0.39 is 0 Å². The molecular weight excluding hydrogens is 594 g/mol. The summed E-state index contributed by atoms with van der Waals surface area (Å²) in [6.07, 6.45) is 8.64. The molecule has 47 heavy (non-hydrogen) atoms. The number of nitrogens with zero attached hydrogens (tertiary/aromatic N) is 3. The van der Waals surface area contributed by atoms with Gasteiger partial charge < -0.3 is 23.8 Å². The lowest BCUT2D eigenvalue weighted by atomic mass is 9.98. The van der Waals surface area contributed by atoms with Crippen LogP contribution >= 0.6 is 0 Å². The summed E-state index contributed by atoms with van der Waals surface area (Å²) in [5.74, 6) is 2.17. The number of rotatable bonds is 12. The van der Waals surface area contributed by atoms with E-state index in [-0.39, 0.29) is 17.7 Å². The van der Waals surface area contributed by atoms with Gasteiger partial charge >= 0.3 is 0 Å². The van der Waals surface area contributed by atoms with Crippen molar-refractivity contribution in [2.24, 2.45) is 4.99 Å². The first kappa shape index (κ1) is 31.8. The highest BCUT2D eigenvalue weighted by molar-refractivity contribution is 6.10. The molecule has 4 aromatic rings. The number of benzene rings is 3. The van der Waals surface area contributed by atoms with E-state index in [9.17, 15) is 9.59 Å². The quantitative estimate of drug-likeness (QED) is 0.0916. The number of carbonyl (C=O) groups excluding carboxylic acids is 2. The molecule has 3 aromatic carbocycles. The van der Waals surface area contributed by atoms with Crippen LogP contribution in [0.2, 0.25) is 0 Å². The minimum atomic E-state index is -0.0928. The zero-order valence-electron chi connectivity index (χ0n) is 27.2. The molecule has 0 N–H and O–H groups in total. The van der Waals surface area contributed by atoms with Crippen LogP contribution in [-0.2, 0) is 0 Å². The second kappa shape index (κ2) is 14.1. The van der Waals surface area contributed by atoms with Crippen LogP contribution in [0.25, 0.3) is 17.0 Å². The lowest BCUT2D eigenvalue weighted by molar-refractivity contribution is 0.0774. The number of amides is 1. The Labute approximate surface area is 274 Å². The molecule has 3 heterocycles. The fourth-order valence-corrected chi connectivity index (χ4v) is 6.24. The van der Waals surface area contributed by atoms with Gasteiger partial charge in [-0.1, -0.05) is 30.3 Å². The first-order valence-electron chi connectivity index (χ1n) is 16.0. The van der Waals surface area contributed by atoms with Gasteiger partial charge in [0, 0.05) is 35.5 Å². The van der Waals surface area contributed by atoms with E-state index in [1.807, 2.05) is 67.4 Å². The van der Waals surface area contributed by atoms with Crippen molar-refractivity contribution in [2.45, 2.75) is 45.6 Å². The third kappa shape index (κ3) is 6.70. The fraction of sp³-hybridized carbons (Fsp3) is 0.316. The largest absolute Gasteiger partial charge is 0.493 e. The molecule has 1 aromatic heterocycles. The van der Waals surface area contributed by atoms with Gasteiger partial charge in [0.25, 0.3) is 5.91 Å². The van der Waals surface area contributed by atoms with Gasteiger partial charge in [0.1, 0.15) is 0 Å². The minimum Gasteiger partial charge on any atom is -0.493 e. The van der Waals surface area contributed by atoms with E-state index in [1.165, 1.54) is 0 Å². The lowest BCUT2D eigenvalue weighted by Gasteiger charge is -2.20. The zero-order valence-corrected chi connectivity index (χ0v) is 27.2. The van der Waals surface area contributed by atoms with Crippen molar-refractivity contribution in [2.75, 3.05) is 34.0 Å². The smallest absolute Gasteiger partial charge is 0.256 e. The molecule has 9 nitrogen and oxygen atoms in total. The SMILES string of the molecule is COc1cc(/C=C/C(=O)c2c(C)nc3ccccc3c2C)ccc1OCCCCOc1cc2c(cc1OC)C(=O)N1CCC[C@H]1C=N2. The number of aromatic nitrogens is 1. The van der Waals surface area contributed by atoms with Crippen LogP contribution in [0.4, 0.5) is 5.69 Å². The summed E-state index contributed by atoms with van der Waals surface area (Å²) in [7, 11) is 3.17. The van der Waals surface area contributed by atoms with Gasteiger partial charge in [-0.15, -0.1) is 0 Å². The Hall–Kier alpha value is -5.18. The van der Waals surface area contributed by atoms with Crippen LogP contribution < -0.4 is 18.9 Å². The van der Waals surface area contributed by atoms with Crippen molar-refractivity contribution in [3.05, 3.63) is 88.6 Å². The second-order valence-electron chi connectivity index (χ2n) is 11.7. The van der Waals surface area contributed by atoms with E-state index in [0.717, 1.165) is 54.3 Å². The van der Waals surface area contributed by atoms with Crippen molar-refractivity contribution in [3.63, 3.8) is 0 Å². The number of carbonyl (C=O) groups is 2. The molecule has 2 aliphatic rings. The van der Waals surface area contributed by atoms with E-state index in [0.29, 0.717) is 58.7 Å². The van der Waals surface area contributed by atoms with Gasteiger partial charge in [-0.25, -0.2) is 0 Å². The molecule has 0 unspecified atom stereocenters. The van der Waals surface area contributed by atoms with Gasteiger partial charge in [0.15, 0.2) is 28.8 Å². The number of aliphatic imine (C=N–C) groups is 1. The number of allylic oxidation sites excluding steroid dienone is 1. The summed E-state index contributed by atoms with van der Waals surface area (Å²) >= 11 is 0. The number of para-hydroxylation sites is 1. The first-order valence-corrected chi connectivity index (χ1v) is 16.0. The Morgan fingerprint density at radius 3 is 2.47 bits per heavy atom. The molecule has 1 amide bonds. The van der Waals surface area contributed by atoms with E-state index in [1.54, 1.807) is 38.5 Å². The minimum absolute atomic E-state index is 0.0151. The third-order valence-electron chi connectivity index (χ3n) is 8.71. The molecular formula is C38H39N3O6. The summed E-state index contributed by atoms with van der Waals surface area (Å²) < 4.78 is 23.2. The summed E-state index contributed by atoms with van der Waals surface area (Å²) in [4.78, 5) is 37.4. The van der Waals surface area contributed by atoms with Crippen LogP contribution in [0.5, 0.6) is 23.0 Å². The van der Waals surface area contributed by atoms with E-state index >= 15 is 0 Å². The van der Waals surface area contributed by atoms with E-state index in [2.05, 4.69) is 9.98 Å². The van der Waals surface area contributed by atoms with Crippen LogP contribution in [0, 0.1) is 13.8 Å². The Balaban J connectivity index is 1.02. The number of pyridine rings is 1. The normalized spacial score (nSPS) is 15.4. The maximum atomic E-state index is 13.2. The standard InChI is InChI=1S/C38H39N3O6/c1-24-28-11-5-6-12-30(28)40-25(2)37(24)32(42)15-13-26-14-16-33(34(20-26)44-3)46-18-7-8-19-47-36-22-31-29(21-35(36)45-4)38(43)41-17-9-10-27(41)23-39-31/h5-6,11-16,20-23,27H,7-10,17-19H2,1-4H3/b15-13+/t27-/m0/s1. The number of hydrogen-bond acceptors (Lipinski definition) is 8. The van der Waals surface area contributed by atoms with Crippen LogP contribution in [-0.4, -0.2) is 67.8 Å². The molecule has 0 bridgehead atoms. The molecule has 9 heteroatoms. The maximum Gasteiger partial charge on any atom is 0.256 e. The molecule has 0 spiro atoms. The van der Waals surface area contributed by atoms with E-state index in [4.69, 9.17) is 18.9 Å². The molecule has 242 valence electrons. The highest BCUT2D eigenvalue weighted by atomic mass is 16.5. The number of unbranched alkanes of at least 4 members (excludes halogenated alkanes) is 1. The second-order valence-corrected chi connectivity index (χ2v) is 11.7. The third-order valence-corrected chi connectivity index (χ3v) is 8.71. The predicted octanol–water partition coefficient (Wildman–Crippen LogP) is 7.32. The number of fused-ring (bicyclic) bond motifs is 3. The summed E-state index contributed by atoms with van der Waals surface area (Å²) in [5, 5.41) is 0.978. The first-order chi connectivity index (χ1) is 22.9. The zero-order chi connectivity index (χ0) is 32.9.